The normalized spacial score (nSPS) is 12.6. The van der Waals surface area contributed by atoms with E-state index in [4.69, 9.17) is 0 Å². The van der Waals surface area contributed by atoms with Crippen LogP contribution in [0.3, 0.4) is 0 Å². The molecule has 2 rings (SSSR count). The Morgan fingerprint density at radius 2 is 1.95 bits per heavy atom. The van der Waals surface area contributed by atoms with E-state index in [9.17, 15) is 4.79 Å². The van der Waals surface area contributed by atoms with Crippen molar-refractivity contribution < 1.29 is 4.79 Å². The molecule has 1 atom stereocenters. The maximum atomic E-state index is 12.0. The van der Waals surface area contributed by atoms with Crippen LogP contribution in [-0.2, 0) is 4.79 Å². The van der Waals surface area contributed by atoms with Gasteiger partial charge in [-0.3, -0.25) is 4.79 Å². The Morgan fingerprint density at radius 3 is 2.67 bits per heavy atom. The quantitative estimate of drug-likeness (QED) is 0.681. The number of amides is 1. The second-order valence-corrected chi connectivity index (χ2v) is 6.45. The molecule has 0 aliphatic heterocycles. The maximum Gasteiger partial charge on any atom is 0.230 e. The lowest BCUT2D eigenvalue weighted by molar-refractivity contribution is -0.119. The average molecular weight is 303 g/mol. The van der Waals surface area contributed by atoms with Crippen LogP contribution in [-0.4, -0.2) is 27.7 Å². The number of thioether (sulfide) groups is 1. The molecule has 4 nitrogen and oxygen atoms in total. The summed E-state index contributed by atoms with van der Waals surface area (Å²) < 4.78 is 0. The van der Waals surface area contributed by atoms with E-state index in [1.54, 1.807) is 0 Å². The number of rotatable bonds is 5. The standard InChI is InChI=1S/C16H21N3OS/c1-10(2)11(3)17-15(20)9-21-16-13-7-5-6-8-14(13)18-12(4)19-16/h5-8,10-11H,9H2,1-4H3,(H,17,20)/t11-/m0/s1. The van der Waals surface area contributed by atoms with Crippen LogP contribution >= 0.6 is 11.8 Å². The van der Waals surface area contributed by atoms with Gasteiger partial charge in [-0.05, 0) is 25.8 Å². The summed E-state index contributed by atoms with van der Waals surface area (Å²) in [5, 5.41) is 4.87. The highest BCUT2D eigenvalue weighted by Gasteiger charge is 2.12. The lowest BCUT2D eigenvalue weighted by Crippen LogP contribution is -2.37. The van der Waals surface area contributed by atoms with Gasteiger partial charge in [-0.15, -0.1) is 0 Å². The van der Waals surface area contributed by atoms with Crippen molar-refractivity contribution in [1.82, 2.24) is 15.3 Å². The molecule has 0 fully saturated rings. The van der Waals surface area contributed by atoms with Gasteiger partial charge in [0.25, 0.3) is 0 Å². The Kier molecular flexibility index (Phi) is 5.17. The van der Waals surface area contributed by atoms with Crippen LogP contribution in [0.1, 0.15) is 26.6 Å². The van der Waals surface area contributed by atoms with E-state index in [1.807, 2.05) is 38.1 Å². The zero-order chi connectivity index (χ0) is 15.4. The van der Waals surface area contributed by atoms with Gasteiger partial charge < -0.3 is 5.32 Å². The third-order valence-corrected chi connectivity index (χ3v) is 4.40. The van der Waals surface area contributed by atoms with Crippen LogP contribution in [0.5, 0.6) is 0 Å². The van der Waals surface area contributed by atoms with Crippen molar-refractivity contribution in [3.63, 3.8) is 0 Å². The second-order valence-electron chi connectivity index (χ2n) is 5.48. The summed E-state index contributed by atoms with van der Waals surface area (Å²) in [6, 6.07) is 8.06. The first kappa shape index (κ1) is 15.8. The predicted octanol–water partition coefficient (Wildman–Crippen LogP) is 3.19. The number of fused-ring (bicyclic) bond motifs is 1. The molecule has 1 N–H and O–H groups in total. The molecule has 0 spiro atoms. The minimum absolute atomic E-state index is 0.0431. The van der Waals surface area contributed by atoms with Gasteiger partial charge in [-0.1, -0.05) is 43.8 Å². The largest absolute Gasteiger partial charge is 0.353 e. The van der Waals surface area contributed by atoms with Crippen LogP contribution in [0.15, 0.2) is 29.3 Å². The summed E-state index contributed by atoms with van der Waals surface area (Å²) >= 11 is 1.46. The Bertz CT molecular complexity index is 642. The summed E-state index contributed by atoms with van der Waals surface area (Å²) in [7, 11) is 0. The number of aromatic nitrogens is 2. The number of nitrogens with one attached hydrogen (secondary N) is 1. The zero-order valence-corrected chi connectivity index (χ0v) is 13.7. The molecular formula is C16H21N3OS. The topological polar surface area (TPSA) is 54.9 Å². The maximum absolute atomic E-state index is 12.0. The predicted molar refractivity (Wildman–Crippen MR) is 87.4 cm³/mol. The number of nitrogens with zero attached hydrogens (tertiary/aromatic N) is 2. The zero-order valence-electron chi connectivity index (χ0n) is 12.9. The van der Waals surface area contributed by atoms with Gasteiger partial charge in [0.05, 0.1) is 11.3 Å². The van der Waals surface area contributed by atoms with E-state index >= 15 is 0 Å². The fourth-order valence-electron chi connectivity index (χ4n) is 1.86. The third kappa shape index (κ3) is 4.17. The van der Waals surface area contributed by atoms with Gasteiger partial charge in [0.1, 0.15) is 10.9 Å². The Hall–Kier alpha value is -1.62. The summed E-state index contributed by atoms with van der Waals surface area (Å²) in [6.07, 6.45) is 0. The fourth-order valence-corrected chi connectivity index (χ4v) is 2.74. The number of hydrogen-bond donors (Lipinski definition) is 1. The molecule has 1 amide bonds. The van der Waals surface area contributed by atoms with E-state index in [0.29, 0.717) is 11.7 Å². The molecule has 0 aliphatic rings. The molecule has 0 radical (unpaired) electrons. The summed E-state index contributed by atoms with van der Waals surface area (Å²) in [4.78, 5) is 20.8. The Balaban J connectivity index is 2.08. The van der Waals surface area contributed by atoms with E-state index in [2.05, 4.69) is 29.1 Å². The van der Waals surface area contributed by atoms with Crippen molar-refractivity contribution in [2.45, 2.75) is 38.8 Å². The van der Waals surface area contributed by atoms with Crippen molar-refractivity contribution in [3.8, 4) is 0 Å². The van der Waals surface area contributed by atoms with Crippen molar-refractivity contribution in [3.05, 3.63) is 30.1 Å². The number of para-hydroxylation sites is 1. The minimum Gasteiger partial charge on any atom is -0.353 e. The van der Waals surface area contributed by atoms with E-state index in [1.165, 1.54) is 11.8 Å². The molecule has 112 valence electrons. The van der Waals surface area contributed by atoms with Gasteiger partial charge in [0.15, 0.2) is 0 Å². The molecule has 0 bridgehead atoms. The van der Waals surface area contributed by atoms with Crippen molar-refractivity contribution in [2.24, 2.45) is 5.92 Å². The second kappa shape index (κ2) is 6.89. The highest BCUT2D eigenvalue weighted by atomic mass is 32.2. The van der Waals surface area contributed by atoms with Crippen molar-refractivity contribution in [2.75, 3.05) is 5.75 Å². The van der Waals surface area contributed by atoms with Crippen LogP contribution in [0.2, 0.25) is 0 Å². The molecule has 1 heterocycles. The minimum atomic E-state index is 0.0431. The lowest BCUT2D eigenvalue weighted by Gasteiger charge is -2.17. The van der Waals surface area contributed by atoms with Gasteiger partial charge in [-0.25, -0.2) is 9.97 Å². The number of hydrogen-bond acceptors (Lipinski definition) is 4. The molecule has 1 aromatic heterocycles. The van der Waals surface area contributed by atoms with Crippen molar-refractivity contribution in [1.29, 1.82) is 0 Å². The fraction of sp³-hybridized carbons (Fsp3) is 0.438. The molecular weight excluding hydrogens is 282 g/mol. The highest BCUT2D eigenvalue weighted by Crippen LogP contribution is 2.24. The van der Waals surface area contributed by atoms with Crippen LogP contribution < -0.4 is 5.32 Å². The van der Waals surface area contributed by atoms with E-state index < -0.39 is 0 Å². The Labute approximate surface area is 129 Å². The molecule has 2 aromatic rings. The lowest BCUT2D eigenvalue weighted by atomic mass is 10.1. The van der Waals surface area contributed by atoms with Crippen molar-refractivity contribution >= 4 is 28.6 Å². The smallest absolute Gasteiger partial charge is 0.230 e. The first-order chi connectivity index (χ1) is 9.97. The van der Waals surface area contributed by atoms with Crippen LogP contribution in [0.4, 0.5) is 0 Å². The molecule has 21 heavy (non-hydrogen) atoms. The molecule has 0 saturated carbocycles. The highest BCUT2D eigenvalue weighted by molar-refractivity contribution is 8.00. The van der Waals surface area contributed by atoms with Crippen LogP contribution in [0.25, 0.3) is 10.9 Å². The molecule has 5 heteroatoms. The van der Waals surface area contributed by atoms with Gasteiger partial charge in [-0.2, -0.15) is 0 Å². The SMILES string of the molecule is Cc1nc(SCC(=O)N[C@@H](C)C(C)C)c2ccccc2n1. The molecule has 0 aliphatic carbocycles. The Morgan fingerprint density at radius 1 is 1.24 bits per heavy atom. The third-order valence-electron chi connectivity index (χ3n) is 3.41. The van der Waals surface area contributed by atoms with E-state index in [0.717, 1.165) is 21.8 Å². The van der Waals surface area contributed by atoms with Gasteiger partial charge in [0.2, 0.25) is 5.91 Å². The number of benzene rings is 1. The first-order valence-electron chi connectivity index (χ1n) is 7.13. The van der Waals surface area contributed by atoms with Crippen LogP contribution in [0, 0.1) is 12.8 Å². The monoisotopic (exact) mass is 303 g/mol. The first-order valence-corrected chi connectivity index (χ1v) is 8.11. The summed E-state index contributed by atoms with van der Waals surface area (Å²) in [5.74, 6) is 1.58. The number of carbonyl (C=O) groups is 1. The number of aryl methyl sites for hydroxylation is 1. The summed E-state index contributed by atoms with van der Waals surface area (Å²) in [5.41, 5.74) is 0.920. The van der Waals surface area contributed by atoms with Gasteiger partial charge >= 0.3 is 0 Å². The van der Waals surface area contributed by atoms with Gasteiger partial charge in [0, 0.05) is 11.4 Å². The number of carbonyl (C=O) groups excluding carboxylic acids is 1. The molecule has 1 aromatic carbocycles. The summed E-state index contributed by atoms with van der Waals surface area (Å²) in [6.45, 7) is 8.09. The van der Waals surface area contributed by atoms with E-state index in [-0.39, 0.29) is 11.9 Å². The average Bonchev–Trinajstić information content (AvgIpc) is 2.44. The molecule has 0 unspecified atom stereocenters. The molecule has 0 saturated heterocycles.